The van der Waals surface area contributed by atoms with Crippen molar-refractivity contribution in [3.63, 3.8) is 0 Å². The summed E-state index contributed by atoms with van der Waals surface area (Å²) < 4.78 is 35.8. The average Bonchev–Trinajstić information content (AvgIpc) is 2.32. The van der Waals surface area contributed by atoms with Crippen molar-refractivity contribution >= 4 is 12.0 Å². The molecule has 0 aromatic heterocycles. The fraction of sp³-hybridized carbons (Fsp3) is 0.833. The number of urea groups is 1. The first-order chi connectivity index (χ1) is 9.28. The van der Waals surface area contributed by atoms with Gasteiger partial charge in [-0.05, 0) is 25.2 Å². The van der Waals surface area contributed by atoms with Crippen molar-refractivity contribution in [1.29, 1.82) is 0 Å². The largest absolute Gasteiger partial charge is 0.481 e. The van der Waals surface area contributed by atoms with Crippen molar-refractivity contribution in [1.82, 2.24) is 10.2 Å². The van der Waals surface area contributed by atoms with Gasteiger partial charge in [0.25, 0.3) is 0 Å². The van der Waals surface area contributed by atoms with E-state index in [4.69, 9.17) is 5.11 Å². The summed E-state index contributed by atoms with van der Waals surface area (Å²) >= 11 is 0. The van der Waals surface area contributed by atoms with E-state index in [1.165, 1.54) is 4.90 Å². The number of amides is 2. The molecule has 1 rings (SSSR count). The molecule has 20 heavy (non-hydrogen) atoms. The predicted molar refractivity (Wildman–Crippen MR) is 65.2 cm³/mol. The molecule has 1 fully saturated rings. The molecule has 1 atom stereocenters. The quantitative estimate of drug-likeness (QED) is 0.764. The molecule has 2 amide bonds. The first-order valence-corrected chi connectivity index (χ1v) is 6.59. The molecule has 0 bridgehead atoms. The van der Waals surface area contributed by atoms with Gasteiger partial charge in [0.2, 0.25) is 0 Å². The summed E-state index contributed by atoms with van der Waals surface area (Å²) in [6.45, 7) is 0.830. The number of piperidine rings is 1. The van der Waals surface area contributed by atoms with E-state index in [1.54, 1.807) is 0 Å². The number of carboxylic acid groups (broad SMARTS) is 1. The molecule has 0 radical (unpaired) electrons. The van der Waals surface area contributed by atoms with Gasteiger partial charge in [0.15, 0.2) is 0 Å². The van der Waals surface area contributed by atoms with Crippen LogP contribution >= 0.6 is 0 Å². The van der Waals surface area contributed by atoms with Gasteiger partial charge in [0, 0.05) is 32.5 Å². The van der Waals surface area contributed by atoms with Crippen LogP contribution in [-0.4, -0.2) is 47.8 Å². The van der Waals surface area contributed by atoms with Gasteiger partial charge in [-0.3, -0.25) is 4.79 Å². The zero-order valence-corrected chi connectivity index (χ0v) is 11.1. The van der Waals surface area contributed by atoms with Crippen LogP contribution in [0.25, 0.3) is 0 Å². The molecule has 2 N–H and O–H groups in total. The number of carbonyl (C=O) groups excluding carboxylic acids is 1. The van der Waals surface area contributed by atoms with Gasteiger partial charge in [0.05, 0.1) is 0 Å². The third-order valence-corrected chi connectivity index (χ3v) is 3.18. The molecular formula is C12H19F3N2O3. The molecule has 0 aliphatic carbocycles. The van der Waals surface area contributed by atoms with Crippen molar-refractivity contribution in [3.05, 3.63) is 0 Å². The van der Waals surface area contributed by atoms with E-state index in [1.807, 2.05) is 0 Å². The van der Waals surface area contributed by atoms with E-state index in [2.05, 4.69) is 5.32 Å². The number of nitrogens with zero attached hydrogens (tertiary/aromatic N) is 1. The third-order valence-electron chi connectivity index (χ3n) is 3.18. The van der Waals surface area contributed by atoms with Gasteiger partial charge < -0.3 is 15.3 Å². The highest BCUT2D eigenvalue weighted by atomic mass is 19.4. The summed E-state index contributed by atoms with van der Waals surface area (Å²) in [6, 6.07) is -0.415. The molecule has 5 nitrogen and oxygen atoms in total. The van der Waals surface area contributed by atoms with Crippen LogP contribution in [0.1, 0.15) is 32.1 Å². The number of rotatable bonds is 5. The lowest BCUT2D eigenvalue weighted by atomic mass is 9.95. The summed E-state index contributed by atoms with van der Waals surface area (Å²) in [5.41, 5.74) is 0. The number of likely N-dealkylation sites (tertiary alicyclic amines) is 1. The Kier molecular flexibility index (Phi) is 6.09. The number of halogens is 3. The molecule has 0 aromatic carbocycles. The molecule has 0 saturated carbocycles. The normalized spacial score (nSPS) is 19.8. The van der Waals surface area contributed by atoms with Gasteiger partial charge in [-0.25, -0.2) is 4.79 Å². The average molecular weight is 296 g/mol. The highest BCUT2D eigenvalue weighted by molar-refractivity contribution is 5.74. The molecule has 1 heterocycles. The van der Waals surface area contributed by atoms with E-state index in [0.717, 1.165) is 6.42 Å². The molecular weight excluding hydrogens is 277 g/mol. The number of hydrogen-bond donors (Lipinski definition) is 2. The first kappa shape index (κ1) is 16.6. The molecule has 0 aromatic rings. The Hall–Kier alpha value is -1.47. The Balaban J connectivity index is 2.27. The van der Waals surface area contributed by atoms with Crippen LogP contribution in [-0.2, 0) is 4.79 Å². The zero-order chi connectivity index (χ0) is 15.2. The number of hydrogen-bond acceptors (Lipinski definition) is 2. The van der Waals surface area contributed by atoms with Gasteiger partial charge in [-0.2, -0.15) is 13.2 Å². The summed E-state index contributed by atoms with van der Waals surface area (Å²) in [6.07, 6.45) is -3.80. The van der Waals surface area contributed by atoms with E-state index >= 15 is 0 Å². The summed E-state index contributed by atoms with van der Waals surface area (Å²) in [5, 5.41) is 11.2. The number of alkyl halides is 3. The number of carboxylic acids is 1. The van der Waals surface area contributed by atoms with Crippen molar-refractivity contribution < 1.29 is 27.9 Å². The Bertz CT molecular complexity index is 347. The van der Waals surface area contributed by atoms with Crippen LogP contribution in [0.2, 0.25) is 0 Å². The molecule has 116 valence electrons. The number of carbonyl (C=O) groups is 2. The second-order valence-corrected chi connectivity index (χ2v) is 5.00. The molecule has 0 spiro atoms. The second-order valence-electron chi connectivity index (χ2n) is 5.00. The van der Waals surface area contributed by atoms with Crippen LogP contribution in [0, 0.1) is 5.92 Å². The fourth-order valence-corrected chi connectivity index (χ4v) is 2.26. The first-order valence-electron chi connectivity index (χ1n) is 6.59. The van der Waals surface area contributed by atoms with Crippen molar-refractivity contribution in [3.8, 4) is 0 Å². The van der Waals surface area contributed by atoms with E-state index in [-0.39, 0.29) is 25.3 Å². The third kappa shape index (κ3) is 6.63. The van der Waals surface area contributed by atoms with E-state index in [9.17, 15) is 22.8 Å². The lowest BCUT2D eigenvalue weighted by Gasteiger charge is -2.32. The zero-order valence-electron chi connectivity index (χ0n) is 11.1. The van der Waals surface area contributed by atoms with Crippen molar-refractivity contribution in [2.75, 3.05) is 19.6 Å². The minimum Gasteiger partial charge on any atom is -0.481 e. The summed E-state index contributed by atoms with van der Waals surface area (Å²) in [7, 11) is 0. The lowest BCUT2D eigenvalue weighted by Crippen LogP contribution is -2.46. The van der Waals surface area contributed by atoms with Crippen molar-refractivity contribution in [2.45, 2.75) is 38.3 Å². The van der Waals surface area contributed by atoms with Crippen LogP contribution < -0.4 is 5.32 Å². The second kappa shape index (κ2) is 7.35. The van der Waals surface area contributed by atoms with E-state index in [0.29, 0.717) is 19.5 Å². The van der Waals surface area contributed by atoms with Gasteiger partial charge in [0.1, 0.15) is 0 Å². The monoisotopic (exact) mass is 296 g/mol. The minimum absolute atomic E-state index is 0.0118. The topological polar surface area (TPSA) is 69.6 Å². The lowest BCUT2D eigenvalue weighted by molar-refractivity contribution is -0.138. The maximum atomic E-state index is 11.9. The van der Waals surface area contributed by atoms with Crippen LogP contribution in [0.3, 0.4) is 0 Å². The summed E-state index contributed by atoms with van der Waals surface area (Å²) in [5.74, 6) is -0.982. The molecule has 1 aliphatic rings. The standard InChI is InChI=1S/C12H19F3N2O3/c13-12(14,15)4-2-5-16-11(20)17-6-1-3-9(8-17)7-10(18)19/h9H,1-8H2,(H,16,20)(H,18,19). The smallest absolute Gasteiger partial charge is 0.389 e. The number of nitrogens with one attached hydrogen (secondary N) is 1. The van der Waals surface area contributed by atoms with Crippen molar-refractivity contribution in [2.24, 2.45) is 5.92 Å². The molecule has 1 aliphatic heterocycles. The molecule has 1 unspecified atom stereocenters. The van der Waals surface area contributed by atoms with Crippen LogP contribution in [0.15, 0.2) is 0 Å². The highest BCUT2D eigenvalue weighted by Crippen LogP contribution is 2.21. The minimum atomic E-state index is -4.21. The Morgan fingerprint density at radius 3 is 2.65 bits per heavy atom. The SMILES string of the molecule is O=C(O)CC1CCCN(C(=O)NCCCC(F)(F)F)C1. The van der Waals surface area contributed by atoms with Gasteiger partial charge in [-0.15, -0.1) is 0 Å². The van der Waals surface area contributed by atoms with Gasteiger partial charge >= 0.3 is 18.2 Å². The Morgan fingerprint density at radius 2 is 2.05 bits per heavy atom. The van der Waals surface area contributed by atoms with Gasteiger partial charge in [-0.1, -0.05) is 0 Å². The molecule has 8 heteroatoms. The van der Waals surface area contributed by atoms with Crippen LogP contribution in [0.4, 0.5) is 18.0 Å². The Morgan fingerprint density at radius 1 is 1.35 bits per heavy atom. The van der Waals surface area contributed by atoms with E-state index < -0.39 is 24.6 Å². The predicted octanol–water partition coefficient (Wildman–Crippen LogP) is 2.23. The molecule has 1 saturated heterocycles. The Labute approximate surface area is 115 Å². The highest BCUT2D eigenvalue weighted by Gasteiger charge is 2.27. The summed E-state index contributed by atoms with van der Waals surface area (Å²) in [4.78, 5) is 23.8. The number of aliphatic carboxylic acids is 1. The maximum Gasteiger partial charge on any atom is 0.389 e. The maximum absolute atomic E-state index is 11.9. The fourth-order valence-electron chi connectivity index (χ4n) is 2.26. The van der Waals surface area contributed by atoms with Crippen LogP contribution in [0.5, 0.6) is 0 Å².